The second-order valence-corrected chi connectivity index (χ2v) is 5.63. The highest BCUT2D eigenvalue weighted by molar-refractivity contribution is 5.14. The minimum Gasteiger partial charge on any atom is -0.377 e. The van der Waals surface area contributed by atoms with Gasteiger partial charge in [0.05, 0.1) is 18.8 Å². The van der Waals surface area contributed by atoms with E-state index >= 15 is 0 Å². The van der Waals surface area contributed by atoms with Crippen LogP contribution in [0.3, 0.4) is 0 Å². The molecule has 3 nitrogen and oxygen atoms in total. The first kappa shape index (κ1) is 13.5. The maximum absolute atomic E-state index is 5.31. The van der Waals surface area contributed by atoms with Gasteiger partial charge >= 0.3 is 0 Å². The molecule has 0 amide bonds. The average molecular weight is 248 g/mol. The van der Waals surface area contributed by atoms with E-state index in [1.807, 2.05) is 0 Å². The van der Waals surface area contributed by atoms with Gasteiger partial charge in [-0.15, -0.1) is 0 Å². The zero-order valence-electron chi connectivity index (χ0n) is 11.7. The zero-order chi connectivity index (χ0) is 13.0. The summed E-state index contributed by atoms with van der Waals surface area (Å²) in [6, 6.07) is 10.6. The lowest BCUT2D eigenvalue weighted by Crippen LogP contribution is -2.59. The minimum atomic E-state index is 0.258. The Balaban J connectivity index is 1.73. The van der Waals surface area contributed by atoms with Gasteiger partial charge in [-0.3, -0.25) is 4.90 Å². The van der Waals surface area contributed by atoms with Gasteiger partial charge in [0, 0.05) is 19.6 Å². The molecule has 0 aliphatic carbocycles. The van der Waals surface area contributed by atoms with Gasteiger partial charge in [0.25, 0.3) is 0 Å². The molecule has 2 rings (SSSR count). The van der Waals surface area contributed by atoms with Gasteiger partial charge in [0.15, 0.2) is 0 Å². The lowest BCUT2D eigenvalue weighted by atomic mass is 9.99. The number of rotatable bonds is 6. The van der Waals surface area contributed by atoms with Gasteiger partial charge in [-0.2, -0.15) is 0 Å². The van der Waals surface area contributed by atoms with E-state index in [0.717, 1.165) is 32.8 Å². The Morgan fingerprint density at radius 2 is 1.78 bits per heavy atom. The molecular formula is C15H24N2O. The lowest BCUT2D eigenvalue weighted by Gasteiger charge is -2.45. The topological polar surface area (TPSA) is 15.7 Å². The summed E-state index contributed by atoms with van der Waals surface area (Å²) < 4.78 is 5.31. The van der Waals surface area contributed by atoms with Gasteiger partial charge < -0.3 is 9.64 Å². The van der Waals surface area contributed by atoms with Crippen molar-refractivity contribution in [2.75, 3.05) is 40.4 Å². The Bertz CT molecular complexity index is 362. The molecule has 18 heavy (non-hydrogen) atoms. The molecule has 3 heteroatoms. The minimum absolute atomic E-state index is 0.258. The summed E-state index contributed by atoms with van der Waals surface area (Å²) in [5.41, 5.74) is 1.63. The zero-order valence-corrected chi connectivity index (χ0v) is 11.7. The normalized spacial score (nSPS) is 18.1. The molecule has 1 fully saturated rings. The lowest BCUT2D eigenvalue weighted by molar-refractivity contribution is -0.122. The Morgan fingerprint density at radius 1 is 1.11 bits per heavy atom. The van der Waals surface area contributed by atoms with E-state index in [4.69, 9.17) is 4.74 Å². The Morgan fingerprint density at radius 3 is 2.33 bits per heavy atom. The first-order chi connectivity index (χ1) is 8.60. The first-order valence-electron chi connectivity index (χ1n) is 6.62. The second kappa shape index (κ2) is 5.83. The molecule has 0 atom stereocenters. The molecule has 0 bridgehead atoms. The molecule has 0 aromatic heterocycles. The van der Waals surface area contributed by atoms with Crippen molar-refractivity contribution in [2.24, 2.45) is 0 Å². The summed E-state index contributed by atoms with van der Waals surface area (Å²) in [7, 11) is 4.37. The van der Waals surface area contributed by atoms with Gasteiger partial charge in [0.1, 0.15) is 0 Å². The van der Waals surface area contributed by atoms with Crippen LogP contribution in [-0.4, -0.2) is 55.7 Å². The summed E-state index contributed by atoms with van der Waals surface area (Å²) in [4.78, 5) is 4.78. The Labute approximate surface area is 110 Å². The Kier molecular flexibility index (Phi) is 4.38. The van der Waals surface area contributed by atoms with Crippen molar-refractivity contribution in [3.8, 4) is 0 Å². The molecule has 0 unspecified atom stereocenters. The largest absolute Gasteiger partial charge is 0.377 e. The van der Waals surface area contributed by atoms with Crippen molar-refractivity contribution in [2.45, 2.75) is 19.0 Å². The van der Waals surface area contributed by atoms with Gasteiger partial charge in [-0.1, -0.05) is 30.3 Å². The van der Waals surface area contributed by atoms with Crippen LogP contribution in [0.4, 0.5) is 0 Å². The predicted molar refractivity (Wildman–Crippen MR) is 74.6 cm³/mol. The van der Waals surface area contributed by atoms with Gasteiger partial charge in [-0.25, -0.2) is 0 Å². The molecule has 1 saturated heterocycles. The van der Waals surface area contributed by atoms with E-state index in [1.165, 1.54) is 5.56 Å². The van der Waals surface area contributed by atoms with E-state index in [1.54, 1.807) is 0 Å². The highest BCUT2D eigenvalue weighted by atomic mass is 16.5. The molecule has 0 radical (unpaired) electrons. The van der Waals surface area contributed by atoms with Crippen LogP contribution in [0.15, 0.2) is 30.3 Å². The van der Waals surface area contributed by atoms with Crippen LogP contribution in [0, 0.1) is 0 Å². The molecule has 0 saturated carbocycles. The van der Waals surface area contributed by atoms with E-state index in [9.17, 15) is 0 Å². The third kappa shape index (κ3) is 3.31. The van der Waals surface area contributed by atoms with E-state index in [2.05, 4.69) is 61.2 Å². The smallest absolute Gasteiger partial charge is 0.0671 e. The maximum atomic E-state index is 5.31. The molecule has 100 valence electrons. The van der Waals surface area contributed by atoms with Crippen LogP contribution >= 0.6 is 0 Å². The molecule has 0 spiro atoms. The van der Waals surface area contributed by atoms with Crippen LogP contribution in [0.1, 0.15) is 12.5 Å². The molecule has 1 aromatic carbocycles. The van der Waals surface area contributed by atoms with Crippen molar-refractivity contribution in [1.29, 1.82) is 0 Å². The van der Waals surface area contributed by atoms with Crippen molar-refractivity contribution < 1.29 is 4.74 Å². The fourth-order valence-corrected chi connectivity index (χ4v) is 2.18. The van der Waals surface area contributed by atoms with E-state index in [-0.39, 0.29) is 5.54 Å². The number of ether oxygens (including phenoxy) is 1. The molecule has 1 aliphatic rings. The first-order valence-corrected chi connectivity index (χ1v) is 6.62. The van der Waals surface area contributed by atoms with Gasteiger partial charge in [-0.05, 0) is 26.6 Å². The van der Waals surface area contributed by atoms with Crippen LogP contribution < -0.4 is 0 Å². The summed E-state index contributed by atoms with van der Waals surface area (Å²) in [5, 5.41) is 0. The highest BCUT2D eigenvalue weighted by Gasteiger charge is 2.37. The van der Waals surface area contributed by atoms with Crippen LogP contribution in [0.2, 0.25) is 0 Å². The highest BCUT2D eigenvalue weighted by Crippen LogP contribution is 2.22. The van der Waals surface area contributed by atoms with Crippen molar-refractivity contribution in [3.05, 3.63) is 35.9 Å². The molecule has 1 aliphatic heterocycles. The third-order valence-electron chi connectivity index (χ3n) is 3.86. The van der Waals surface area contributed by atoms with Crippen molar-refractivity contribution >= 4 is 0 Å². The fourth-order valence-electron chi connectivity index (χ4n) is 2.18. The number of likely N-dealkylation sites (N-methyl/N-ethyl adjacent to an activating group) is 2. The fraction of sp³-hybridized carbons (Fsp3) is 0.600. The summed E-state index contributed by atoms with van der Waals surface area (Å²) in [5.74, 6) is 0. The monoisotopic (exact) mass is 248 g/mol. The number of benzene rings is 1. The quantitative estimate of drug-likeness (QED) is 0.764. The van der Waals surface area contributed by atoms with Crippen molar-refractivity contribution in [3.63, 3.8) is 0 Å². The number of nitrogens with zero attached hydrogens (tertiary/aromatic N) is 2. The van der Waals surface area contributed by atoms with E-state index < -0.39 is 0 Å². The third-order valence-corrected chi connectivity index (χ3v) is 3.86. The number of hydrogen-bond donors (Lipinski definition) is 0. The van der Waals surface area contributed by atoms with Crippen LogP contribution in [0.25, 0.3) is 0 Å². The summed E-state index contributed by atoms with van der Waals surface area (Å²) in [6.45, 7) is 7.19. The van der Waals surface area contributed by atoms with Crippen LogP contribution in [-0.2, 0) is 11.3 Å². The van der Waals surface area contributed by atoms with Crippen molar-refractivity contribution in [1.82, 2.24) is 9.80 Å². The number of hydrogen-bond acceptors (Lipinski definition) is 3. The SMILES string of the molecule is CN(CCN(C)C1(C)COC1)Cc1ccccc1. The Hall–Kier alpha value is -0.900. The standard InChI is InChI=1S/C15H24N2O/c1-15(12-18-13-15)17(3)10-9-16(2)11-14-7-5-4-6-8-14/h4-8H,9-13H2,1-3H3. The predicted octanol–water partition coefficient (Wildman–Crippen LogP) is 1.84. The average Bonchev–Trinajstić information content (AvgIpc) is 2.34. The summed E-state index contributed by atoms with van der Waals surface area (Å²) >= 11 is 0. The molecule has 0 N–H and O–H groups in total. The summed E-state index contributed by atoms with van der Waals surface area (Å²) in [6.07, 6.45) is 0. The second-order valence-electron chi connectivity index (χ2n) is 5.63. The maximum Gasteiger partial charge on any atom is 0.0671 e. The molecule has 1 heterocycles. The molecule has 1 aromatic rings. The molecular weight excluding hydrogens is 224 g/mol. The van der Waals surface area contributed by atoms with Crippen LogP contribution in [0.5, 0.6) is 0 Å². The van der Waals surface area contributed by atoms with E-state index in [0.29, 0.717) is 0 Å². The van der Waals surface area contributed by atoms with Gasteiger partial charge in [0.2, 0.25) is 0 Å².